The highest BCUT2D eigenvalue weighted by Crippen LogP contribution is 2.27. The molecule has 0 radical (unpaired) electrons. The van der Waals surface area contributed by atoms with Gasteiger partial charge in [0.2, 0.25) is 0 Å². The van der Waals surface area contributed by atoms with Gasteiger partial charge in [0.15, 0.2) is 0 Å². The second-order valence-corrected chi connectivity index (χ2v) is 5.86. The van der Waals surface area contributed by atoms with Gasteiger partial charge in [0.25, 0.3) is 0 Å². The van der Waals surface area contributed by atoms with Crippen LogP contribution in [0.4, 0.5) is 0 Å². The van der Waals surface area contributed by atoms with Gasteiger partial charge >= 0.3 is 0 Å². The lowest BCUT2D eigenvalue weighted by atomic mass is 10.1. The molecule has 0 fully saturated rings. The molecule has 3 aromatic rings. The van der Waals surface area contributed by atoms with Crippen LogP contribution in [0, 0.1) is 6.92 Å². The van der Waals surface area contributed by atoms with E-state index in [0.29, 0.717) is 0 Å². The number of nitrogens with one attached hydrogen (secondary N) is 1. The molecule has 1 unspecified atom stereocenters. The molecule has 4 heteroatoms. The summed E-state index contributed by atoms with van der Waals surface area (Å²) in [5.41, 5.74) is 6.37. The summed E-state index contributed by atoms with van der Waals surface area (Å²) in [5.74, 6) is 6.59. The van der Waals surface area contributed by atoms with E-state index in [1.165, 1.54) is 11.1 Å². The molecule has 0 saturated carbocycles. The number of furan rings is 1. The Morgan fingerprint density at radius 2 is 2.20 bits per heavy atom. The number of aryl methyl sites for hydroxylation is 2. The molecule has 0 spiro atoms. The summed E-state index contributed by atoms with van der Waals surface area (Å²) in [6.07, 6.45) is 1.92. The molecule has 104 valence electrons. The van der Waals surface area contributed by atoms with Crippen LogP contribution in [0.15, 0.2) is 45.5 Å². The summed E-state index contributed by atoms with van der Waals surface area (Å²) in [4.78, 5) is 0. The van der Waals surface area contributed by atoms with Gasteiger partial charge < -0.3 is 4.42 Å². The van der Waals surface area contributed by atoms with Gasteiger partial charge in [0, 0.05) is 5.39 Å². The van der Waals surface area contributed by atoms with Gasteiger partial charge in [-0.05, 0) is 60.4 Å². The Morgan fingerprint density at radius 3 is 2.95 bits per heavy atom. The van der Waals surface area contributed by atoms with Crippen molar-refractivity contribution in [2.24, 2.45) is 5.84 Å². The first-order chi connectivity index (χ1) is 9.76. The van der Waals surface area contributed by atoms with E-state index in [4.69, 9.17) is 10.3 Å². The van der Waals surface area contributed by atoms with Crippen LogP contribution in [-0.2, 0) is 6.42 Å². The van der Waals surface area contributed by atoms with Crippen LogP contribution in [-0.4, -0.2) is 0 Å². The molecule has 1 aromatic carbocycles. The molecular weight excluding hydrogens is 268 g/mol. The lowest BCUT2D eigenvalue weighted by Crippen LogP contribution is -2.28. The van der Waals surface area contributed by atoms with Crippen LogP contribution >= 0.6 is 11.3 Å². The lowest BCUT2D eigenvalue weighted by molar-refractivity contribution is 0.417. The van der Waals surface area contributed by atoms with Crippen LogP contribution in [0.5, 0.6) is 0 Å². The van der Waals surface area contributed by atoms with E-state index < -0.39 is 0 Å². The van der Waals surface area contributed by atoms with Crippen molar-refractivity contribution < 1.29 is 4.42 Å². The summed E-state index contributed by atoms with van der Waals surface area (Å²) in [7, 11) is 0. The molecule has 3 rings (SSSR count). The molecule has 0 aliphatic carbocycles. The third-order valence-electron chi connectivity index (χ3n) is 3.54. The summed E-state index contributed by atoms with van der Waals surface area (Å²) in [6, 6.07) is 10.5. The SMILES string of the molecule is Cc1ccc2oc(C(CCc3ccsc3)NN)cc2c1. The van der Waals surface area contributed by atoms with Gasteiger partial charge in [-0.2, -0.15) is 11.3 Å². The highest BCUT2D eigenvalue weighted by atomic mass is 32.1. The molecule has 0 saturated heterocycles. The van der Waals surface area contributed by atoms with E-state index >= 15 is 0 Å². The van der Waals surface area contributed by atoms with Crippen molar-refractivity contribution >= 4 is 22.3 Å². The molecule has 0 bridgehead atoms. The third kappa shape index (κ3) is 2.77. The number of thiophene rings is 1. The van der Waals surface area contributed by atoms with Crippen LogP contribution in [0.2, 0.25) is 0 Å². The number of rotatable bonds is 5. The van der Waals surface area contributed by atoms with E-state index in [0.717, 1.165) is 29.6 Å². The van der Waals surface area contributed by atoms with Crippen molar-refractivity contribution in [3.05, 3.63) is 58.0 Å². The average Bonchev–Trinajstić information content (AvgIpc) is 3.08. The molecule has 0 aliphatic rings. The summed E-state index contributed by atoms with van der Waals surface area (Å²) < 4.78 is 5.91. The van der Waals surface area contributed by atoms with E-state index in [1.807, 2.05) is 6.07 Å². The topological polar surface area (TPSA) is 51.2 Å². The van der Waals surface area contributed by atoms with Gasteiger partial charge in [-0.1, -0.05) is 11.6 Å². The summed E-state index contributed by atoms with van der Waals surface area (Å²) in [5, 5.41) is 5.41. The molecule has 20 heavy (non-hydrogen) atoms. The normalized spacial score (nSPS) is 12.9. The van der Waals surface area contributed by atoms with E-state index in [9.17, 15) is 0 Å². The van der Waals surface area contributed by atoms with Crippen molar-refractivity contribution in [2.75, 3.05) is 0 Å². The number of hydrazine groups is 1. The first-order valence-corrected chi connectivity index (χ1v) is 7.68. The Labute approximate surface area is 122 Å². The molecule has 0 aliphatic heterocycles. The van der Waals surface area contributed by atoms with Crippen molar-refractivity contribution in [1.82, 2.24) is 5.43 Å². The van der Waals surface area contributed by atoms with E-state index in [-0.39, 0.29) is 6.04 Å². The third-order valence-corrected chi connectivity index (χ3v) is 4.27. The Bertz CT molecular complexity index is 688. The maximum absolute atomic E-state index is 5.91. The van der Waals surface area contributed by atoms with Crippen molar-refractivity contribution in [2.45, 2.75) is 25.8 Å². The molecule has 2 heterocycles. The van der Waals surface area contributed by atoms with Gasteiger partial charge in [-0.3, -0.25) is 5.84 Å². The maximum Gasteiger partial charge on any atom is 0.134 e. The first-order valence-electron chi connectivity index (χ1n) is 6.73. The fraction of sp³-hybridized carbons (Fsp3) is 0.250. The van der Waals surface area contributed by atoms with Gasteiger partial charge in [0.1, 0.15) is 11.3 Å². The van der Waals surface area contributed by atoms with E-state index in [2.05, 4.69) is 47.4 Å². The fourth-order valence-corrected chi connectivity index (χ4v) is 3.11. The lowest BCUT2D eigenvalue weighted by Gasteiger charge is -2.12. The molecule has 1 atom stereocenters. The van der Waals surface area contributed by atoms with Gasteiger partial charge in [-0.25, -0.2) is 5.43 Å². The predicted octanol–water partition coefficient (Wildman–Crippen LogP) is 3.94. The molecular formula is C16H18N2OS. The molecule has 2 aromatic heterocycles. The highest BCUT2D eigenvalue weighted by Gasteiger charge is 2.15. The quantitative estimate of drug-likeness (QED) is 0.552. The van der Waals surface area contributed by atoms with Crippen LogP contribution in [0.3, 0.4) is 0 Å². The minimum absolute atomic E-state index is 0.0441. The summed E-state index contributed by atoms with van der Waals surface area (Å²) in [6.45, 7) is 2.08. The van der Waals surface area contributed by atoms with E-state index in [1.54, 1.807) is 11.3 Å². The fourth-order valence-electron chi connectivity index (χ4n) is 2.41. The number of fused-ring (bicyclic) bond motifs is 1. The molecule has 0 amide bonds. The summed E-state index contributed by atoms with van der Waals surface area (Å²) >= 11 is 1.72. The zero-order valence-corrected chi connectivity index (χ0v) is 12.2. The number of hydrogen-bond donors (Lipinski definition) is 2. The van der Waals surface area contributed by atoms with Crippen LogP contribution in [0.1, 0.15) is 29.3 Å². The zero-order chi connectivity index (χ0) is 13.9. The Morgan fingerprint density at radius 1 is 1.30 bits per heavy atom. The maximum atomic E-state index is 5.91. The van der Waals surface area contributed by atoms with Gasteiger partial charge in [-0.15, -0.1) is 0 Å². The van der Waals surface area contributed by atoms with Crippen molar-refractivity contribution in [3.8, 4) is 0 Å². The second-order valence-electron chi connectivity index (χ2n) is 5.08. The van der Waals surface area contributed by atoms with Crippen LogP contribution in [0.25, 0.3) is 11.0 Å². The molecule has 3 N–H and O–H groups in total. The van der Waals surface area contributed by atoms with Crippen LogP contribution < -0.4 is 11.3 Å². The molecule has 3 nitrogen and oxygen atoms in total. The second kappa shape index (κ2) is 5.79. The average molecular weight is 286 g/mol. The Kier molecular flexibility index (Phi) is 3.87. The first kappa shape index (κ1) is 13.4. The smallest absolute Gasteiger partial charge is 0.134 e. The highest BCUT2D eigenvalue weighted by molar-refractivity contribution is 7.07. The zero-order valence-electron chi connectivity index (χ0n) is 11.4. The minimum Gasteiger partial charge on any atom is -0.459 e. The van der Waals surface area contributed by atoms with Crippen molar-refractivity contribution in [3.63, 3.8) is 0 Å². The van der Waals surface area contributed by atoms with Gasteiger partial charge in [0.05, 0.1) is 6.04 Å². The minimum atomic E-state index is 0.0441. The number of benzene rings is 1. The predicted molar refractivity (Wildman–Crippen MR) is 83.7 cm³/mol. The number of hydrogen-bond acceptors (Lipinski definition) is 4. The van der Waals surface area contributed by atoms with Crippen molar-refractivity contribution in [1.29, 1.82) is 0 Å². The number of nitrogens with two attached hydrogens (primary N) is 1. The monoisotopic (exact) mass is 286 g/mol. The largest absolute Gasteiger partial charge is 0.459 e. The standard InChI is InChI=1S/C16H18N2OS/c1-11-2-5-15-13(8-11)9-16(19-15)14(18-17)4-3-12-6-7-20-10-12/h2,5-10,14,18H,3-4,17H2,1H3. The Hall–Kier alpha value is -1.62. The Balaban J connectivity index is 1.79.